The van der Waals surface area contributed by atoms with Crippen molar-refractivity contribution in [2.45, 2.75) is 24.3 Å². The largest absolute Gasteiger partial charge is 0.492 e. The van der Waals surface area contributed by atoms with Crippen molar-refractivity contribution in [3.8, 4) is 11.5 Å². The third-order valence-electron chi connectivity index (χ3n) is 4.86. The van der Waals surface area contributed by atoms with E-state index in [2.05, 4.69) is 5.32 Å². The minimum atomic E-state index is -3.55. The van der Waals surface area contributed by atoms with E-state index in [4.69, 9.17) is 14.2 Å². The molecule has 1 fully saturated rings. The third-order valence-corrected chi connectivity index (χ3v) is 6.77. The summed E-state index contributed by atoms with van der Waals surface area (Å²) in [5.74, 6) is 0.234. The number of hydrogen-bond acceptors (Lipinski definition) is 6. The van der Waals surface area contributed by atoms with E-state index >= 15 is 0 Å². The molecule has 32 heavy (non-hydrogen) atoms. The van der Waals surface area contributed by atoms with Crippen molar-refractivity contribution in [3.05, 3.63) is 54.3 Å². The Kier molecular flexibility index (Phi) is 8.43. The number of benzene rings is 2. The number of sulfonamides is 1. The van der Waals surface area contributed by atoms with Crippen LogP contribution in [0.5, 0.6) is 11.5 Å². The van der Waals surface area contributed by atoms with Crippen molar-refractivity contribution in [2.75, 3.05) is 39.5 Å². The predicted octanol–water partition coefficient (Wildman–Crippen LogP) is 2.20. The molecule has 1 atom stereocenters. The zero-order chi connectivity index (χ0) is 23.0. The Bertz CT molecular complexity index is 976. The first-order chi connectivity index (χ1) is 15.4. The van der Waals surface area contributed by atoms with Crippen LogP contribution in [0.1, 0.15) is 13.3 Å². The second kappa shape index (κ2) is 11.3. The van der Waals surface area contributed by atoms with Crippen LogP contribution >= 0.6 is 0 Å². The molecule has 0 saturated carbocycles. The number of amides is 1. The number of nitrogens with one attached hydrogen (secondary N) is 1. The van der Waals surface area contributed by atoms with E-state index in [0.29, 0.717) is 44.2 Å². The zero-order valence-corrected chi connectivity index (χ0v) is 18.6. The van der Waals surface area contributed by atoms with Crippen LogP contribution in [-0.4, -0.2) is 64.2 Å². The minimum Gasteiger partial charge on any atom is -0.492 e. The number of carbonyl (C=O) groups excluding carboxylic acids is 1. The van der Waals surface area contributed by atoms with Crippen molar-refractivity contribution >= 4 is 15.9 Å². The highest BCUT2D eigenvalue weighted by molar-refractivity contribution is 7.89. The Hall–Kier alpha value is -2.69. The van der Waals surface area contributed by atoms with Gasteiger partial charge in [0.25, 0.3) is 5.91 Å². The fourth-order valence-electron chi connectivity index (χ4n) is 3.10. The van der Waals surface area contributed by atoms with Crippen LogP contribution < -0.4 is 14.8 Å². The maximum atomic E-state index is 13.0. The molecule has 1 amide bonds. The van der Waals surface area contributed by atoms with Gasteiger partial charge in [-0.25, -0.2) is 12.8 Å². The molecular weight excluding hydrogens is 439 g/mol. The predicted molar refractivity (Wildman–Crippen MR) is 116 cm³/mol. The molecule has 0 spiro atoms. The molecule has 1 heterocycles. The Labute approximate surface area is 187 Å². The summed E-state index contributed by atoms with van der Waals surface area (Å²) in [6.45, 7) is 3.72. The van der Waals surface area contributed by atoms with Crippen LogP contribution in [0.3, 0.4) is 0 Å². The summed E-state index contributed by atoms with van der Waals surface area (Å²) in [4.78, 5) is 12.5. The molecule has 0 aromatic heterocycles. The molecule has 1 aliphatic rings. The maximum absolute atomic E-state index is 13.0. The van der Waals surface area contributed by atoms with Crippen molar-refractivity contribution < 1.29 is 31.8 Å². The van der Waals surface area contributed by atoms with E-state index in [1.165, 1.54) is 40.7 Å². The monoisotopic (exact) mass is 466 g/mol. The topological polar surface area (TPSA) is 94.2 Å². The lowest BCUT2D eigenvalue weighted by atomic mass is 10.2. The molecule has 3 rings (SSSR count). The molecule has 8 nitrogen and oxygen atoms in total. The van der Waals surface area contributed by atoms with E-state index in [-0.39, 0.29) is 29.8 Å². The van der Waals surface area contributed by atoms with E-state index in [0.717, 1.165) is 0 Å². The van der Waals surface area contributed by atoms with Gasteiger partial charge in [-0.2, -0.15) is 4.31 Å². The van der Waals surface area contributed by atoms with Gasteiger partial charge in [-0.3, -0.25) is 4.79 Å². The van der Waals surface area contributed by atoms with E-state index in [1.807, 2.05) is 6.92 Å². The second-order valence-electron chi connectivity index (χ2n) is 7.10. The van der Waals surface area contributed by atoms with Crippen LogP contribution in [0, 0.1) is 5.82 Å². The lowest BCUT2D eigenvalue weighted by Gasteiger charge is -2.26. The van der Waals surface area contributed by atoms with Crippen LogP contribution in [0.2, 0.25) is 0 Å². The summed E-state index contributed by atoms with van der Waals surface area (Å²) < 4.78 is 56.0. The van der Waals surface area contributed by atoms with Crippen LogP contribution in [0.25, 0.3) is 0 Å². The van der Waals surface area contributed by atoms with Crippen LogP contribution in [0.4, 0.5) is 4.39 Å². The highest BCUT2D eigenvalue weighted by atomic mass is 32.2. The van der Waals surface area contributed by atoms with Gasteiger partial charge in [0, 0.05) is 13.1 Å². The molecule has 1 aliphatic heterocycles. The van der Waals surface area contributed by atoms with Crippen molar-refractivity contribution in [3.63, 3.8) is 0 Å². The number of hydrogen-bond donors (Lipinski definition) is 1. The summed E-state index contributed by atoms with van der Waals surface area (Å²) in [5, 5.41) is 2.74. The fourth-order valence-corrected chi connectivity index (χ4v) is 4.51. The number of carbonyl (C=O) groups is 1. The Morgan fingerprint density at radius 3 is 2.34 bits per heavy atom. The normalized spacial score (nSPS) is 15.7. The van der Waals surface area contributed by atoms with Crippen molar-refractivity contribution in [2.24, 2.45) is 0 Å². The summed E-state index contributed by atoms with van der Waals surface area (Å²) in [5.41, 5.74) is 0. The number of halogens is 1. The van der Waals surface area contributed by atoms with Gasteiger partial charge in [0.2, 0.25) is 10.0 Å². The molecule has 10 heteroatoms. The first-order valence-electron chi connectivity index (χ1n) is 10.4. The number of ether oxygens (including phenoxy) is 3. The first-order valence-corrected chi connectivity index (χ1v) is 11.8. The number of nitrogens with zero attached hydrogens (tertiary/aromatic N) is 1. The summed E-state index contributed by atoms with van der Waals surface area (Å²) in [6.07, 6.45) is -0.256. The van der Waals surface area contributed by atoms with Gasteiger partial charge in [0.05, 0.1) is 24.7 Å². The Morgan fingerprint density at radius 1 is 1.09 bits per heavy atom. The van der Waals surface area contributed by atoms with Gasteiger partial charge in [-0.1, -0.05) is 6.92 Å². The Balaban J connectivity index is 1.44. The zero-order valence-electron chi connectivity index (χ0n) is 17.8. The van der Waals surface area contributed by atoms with Gasteiger partial charge >= 0.3 is 0 Å². The van der Waals surface area contributed by atoms with Gasteiger partial charge < -0.3 is 19.5 Å². The molecule has 2 aromatic carbocycles. The maximum Gasteiger partial charge on any atom is 0.261 e. The molecule has 2 aromatic rings. The summed E-state index contributed by atoms with van der Waals surface area (Å²) in [7, 11) is -3.55. The average Bonchev–Trinajstić information content (AvgIpc) is 2.82. The van der Waals surface area contributed by atoms with E-state index in [1.54, 1.807) is 12.1 Å². The fraction of sp³-hybridized carbons (Fsp3) is 0.409. The van der Waals surface area contributed by atoms with Gasteiger partial charge in [0.1, 0.15) is 23.9 Å². The SMILES string of the molecule is CC[C@H](Oc1ccc(F)cc1)C(=O)NCCOc1ccc(S(=O)(=O)N2CCOCC2)cc1. The Morgan fingerprint density at radius 2 is 1.72 bits per heavy atom. The van der Waals surface area contributed by atoms with E-state index in [9.17, 15) is 17.6 Å². The molecule has 1 saturated heterocycles. The quantitative estimate of drug-likeness (QED) is 0.540. The first kappa shape index (κ1) is 24.0. The summed E-state index contributed by atoms with van der Waals surface area (Å²) >= 11 is 0. The molecular formula is C22H27FN2O6S. The third kappa shape index (κ3) is 6.41. The average molecular weight is 467 g/mol. The molecule has 0 bridgehead atoms. The molecule has 0 radical (unpaired) electrons. The van der Waals surface area contributed by atoms with E-state index < -0.39 is 16.1 Å². The van der Waals surface area contributed by atoms with Crippen LogP contribution in [-0.2, 0) is 19.6 Å². The second-order valence-corrected chi connectivity index (χ2v) is 9.03. The molecule has 174 valence electrons. The van der Waals surface area contributed by atoms with Gasteiger partial charge in [0.15, 0.2) is 6.10 Å². The minimum absolute atomic E-state index is 0.198. The van der Waals surface area contributed by atoms with Crippen molar-refractivity contribution in [1.82, 2.24) is 9.62 Å². The van der Waals surface area contributed by atoms with Gasteiger partial charge in [-0.05, 0) is 55.0 Å². The molecule has 1 N–H and O–H groups in total. The summed E-state index contributed by atoms with van der Waals surface area (Å²) in [6, 6.07) is 11.7. The standard InChI is InChI=1S/C22H27FN2O6S/c1-2-21(31-19-5-3-17(23)4-6-19)22(26)24-11-14-30-18-7-9-20(10-8-18)32(27,28)25-12-15-29-16-13-25/h3-10,21H,2,11-16H2,1H3,(H,24,26)/t21-/m0/s1. The smallest absolute Gasteiger partial charge is 0.261 e. The number of morpholine rings is 1. The lowest BCUT2D eigenvalue weighted by Crippen LogP contribution is -2.40. The van der Waals surface area contributed by atoms with Crippen molar-refractivity contribution in [1.29, 1.82) is 0 Å². The van der Waals surface area contributed by atoms with Gasteiger partial charge in [-0.15, -0.1) is 0 Å². The number of rotatable bonds is 10. The highest BCUT2D eigenvalue weighted by Gasteiger charge is 2.26. The lowest BCUT2D eigenvalue weighted by molar-refractivity contribution is -0.128. The molecule has 0 unspecified atom stereocenters. The van der Waals surface area contributed by atoms with Crippen LogP contribution in [0.15, 0.2) is 53.4 Å². The highest BCUT2D eigenvalue weighted by Crippen LogP contribution is 2.20. The molecule has 0 aliphatic carbocycles.